The lowest BCUT2D eigenvalue weighted by atomic mass is 9.45. The maximum atomic E-state index is 16.4. The minimum absolute atomic E-state index is 0.0384. The molecule has 5 saturated carbocycles. The smallest absolute Gasteiger partial charge is 0.343 e. The molecule has 18 nitrogen and oxygen atoms in total. The number of rotatable bonds is 15. The van der Waals surface area contributed by atoms with Crippen molar-refractivity contribution in [2.75, 3.05) is 76.5 Å². The third-order valence-electron chi connectivity index (χ3n) is 20.4. The minimum Gasteiger partial charge on any atom is -0.492 e. The first-order chi connectivity index (χ1) is 39.2. The van der Waals surface area contributed by atoms with Crippen molar-refractivity contribution in [1.29, 1.82) is 0 Å². The summed E-state index contributed by atoms with van der Waals surface area (Å²) < 4.78 is 60.1. The number of nitrogens with zero attached hydrogens (tertiary/aromatic N) is 4. The Morgan fingerprint density at radius 1 is 0.744 bits per heavy atom. The molecular weight excluding hydrogens is 1060 g/mol. The molecule has 3 unspecified atom stereocenters. The summed E-state index contributed by atoms with van der Waals surface area (Å²) in [5.41, 5.74) is -3.64. The molecule has 2 saturated heterocycles. The SMILES string of the molecule is COc1c(N2CCNC(C)C2)c(F)cc2c(=O)c(C(=O)OCC(COC(=O)c3cn(C4CC4)c4c(OC)c(N5CCNC(C)C5)c(F)cc4c3=O)CC(=O)[C@]3(O)CC[C@@H]4[C@H]5CCC6=CC(=O)CC[C@@]6(C)C5[C@H](O)C[C@]43C)cn(C3CC3)c12. The fourth-order valence-electron chi connectivity index (χ4n) is 16.0. The molecule has 6 aliphatic carbocycles. The summed E-state index contributed by atoms with van der Waals surface area (Å²) in [6, 6.07) is 2.14. The molecule has 2 aliphatic heterocycles. The lowest BCUT2D eigenvalue weighted by Gasteiger charge is -2.60. The molecule has 4 heterocycles. The van der Waals surface area contributed by atoms with Gasteiger partial charge in [0.2, 0.25) is 10.9 Å². The zero-order valence-electron chi connectivity index (χ0n) is 47.7. The van der Waals surface area contributed by atoms with Crippen LogP contribution in [0.4, 0.5) is 20.2 Å². The van der Waals surface area contributed by atoms with Gasteiger partial charge < -0.3 is 58.7 Å². The van der Waals surface area contributed by atoms with Crippen LogP contribution in [0.15, 0.2) is 45.8 Å². The van der Waals surface area contributed by atoms with E-state index in [0.717, 1.165) is 43.4 Å². The van der Waals surface area contributed by atoms with Gasteiger partial charge in [0.15, 0.2) is 34.7 Å². The van der Waals surface area contributed by atoms with Gasteiger partial charge in [-0.15, -0.1) is 0 Å². The van der Waals surface area contributed by atoms with Crippen LogP contribution in [0.25, 0.3) is 21.8 Å². The van der Waals surface area contributed by atoms with Gasteiger partial charge in [0.1, 0.15) is 28.1 Å². The number of piperazine rings is 2. The summed E-state index contributed by atoms with van der Waals surface area (Å²) in [5.74, 6) is -5.21. The number of carbonyl (C=O) groups is 4. The van der Waals surface area contributed by atoms with Crippen molar-refractivity contribution < 1.29 is 57.1 Å². The molecule has 0 amide bonds. The minimum atomic E-state index is -1.96. The maximum Gasteiger partial charge on any atom is 0.343 e. The number of halogens is 2. The number of carbonyl (C=O) groups excluding carboxylic acids is 4. The lowest BCUT2D eigenvalue weighted by molar-refractivity contribution is -0.181. The van der Waals surface area contributed by atoms with E-state index in [1.165, 1.54) is 26.6 Å². The second kappa shape index (κ2) is 21.1. The van der Waals surface area contributed by atoms with E-state index in [4.69, 9.17) is 18.9 Å². The highest BCUT2D eigenvalue weighted by atomic mass is 19.1. The number of anilines is 2. The Balaban J connectivity index is 0.861. The number of Topliss-reactive ketones (excluding diaryl/α,β-unsaturated/α-hetero) is 1. The van der Waals surface area contributed by atoms with Crippen LogP contribution < -0.4 is 40.8 Å². The Morgan fingerprint density at radius 2 is 1.26 bits per heavy atom. The third kappa shape index (κ3) is 9.32. The Bertz CT molecular complexity index is 3300. The standard InChI is InChI=1S/C62H76F2N6O12/c1-32-26-67(19-17-65-32)52-45(63)23-40-50(56(52)79-5)69(36-8-9-36)28-42(54(40)74)58(76)81-30-34(21-48(73)62(78)16-14-44-39-12-7-35-22-38(71)13-15-60(35,3)49(39)47(72)25-61(44,62)4)31-82-59(77)43-29-70(37-10-11-37)51-41(55(43)75)24-46(64)53(57(51)80-6)68-20-18-66-33(2)27-68/h22-24,28-29,32-34,36-37,39,44,47,49,65-66,72,78H,7-21,25-27,30-31H2,1-6H3/t32?,33?,34?,39-,44-,47-,49?,60-,61-,62-/m1/s1. The molecule has 20 heteroatoms. The van der Waals surface area contributed by atoms with Crippen LogP contribution in [0.3, 0.4) is 0 Å². The molecule has 8 aliphatic rings. The van der Waals surface area contributed by atoms with Crippen molar-refractivity contribution >= 4 is 56.7 Å². The van der Waals surface area contributed by atoms with Gasteiger partial charge in [0.25, 0.3) is 0 Å². The second-order valence-corrected chi connectivity index (χ2v) is 25.6. The fraction of sp³-hybridized carbons (Fsp3) is 0.613. The molecule has 7 fully saturated rings. The van der Waals surface area contributed by atoms with Gasteiger partial charge in [-0.3, -0.25) is 19.2 Å². The summed E-state index contributed by atoms with van der Waals surface area (Å²) in [4.78, 5) is 89.4. The first-order valence-corrected chi connectivity index (χ1v) is 29.6. The normalized spacial score (nSPS) is 30.3. The van der Waals surface area contributed by atoms with Crippen LogP contribution >= 0.6 is 0 Å². The first-order valence-electron chi connectivity index (χ1n) is 29.6. The molecule has 2 aromatic carbocycles. The number of esters is 2. The number of pyridine rings is 2. The van der Waals surface area contributed by atoms with Gasteiger partial charge >= 0.3 is 11.9 Å². The van der Waals surface area contributed by atoms with Crippen LogP contribution in [-0.4, -0.2) is 133 Å². The second-order valence-electron chi connectivity index (χ2n) is 25.6. The van der Waals surface area contributed by atoms with E-state index >= 15 is 13.6 Å². The van der Waals surface area contributed by atoms with Crippen molar-refractivity contribution in [3.63, 3.8) is 0 Å². The number of nitrogens with one attached hydrogen (secondary N) is 2. The summed E-state index contributed by atoms with van der Waals surface area (Å²) in [5, 5.41) is 31.6. The van der Waals surface area contributed by atoms with E-state index in [1.807, 2.05) is 30.6 Å². The van der Waals surface area contributed by atoms with E-state index in [-0.39, 0.29) is 94.2 Å². The molecule has 9 atom stereocenters. The molecule has 0 spiro atoms. The van der Waals surface area contributed by atoms with E-state index in [9.17, 15) is 34.2 Å². The summed E-state index contributed by atoms with van der Waals surface area (Å²) in [7, 11) is 2.84. The van der Waals surface area contributed by atoms with Crippen LogP contribution in [0.5, 0.6) is 11.5 Å². The summed E-state index contributed by atoms with van der Waals surface area (Å²) in [6.45, 7) is 10.00. The number of fused-ring (bicyclic) bond motifs is 7. The lowest BCUT2D eigenvalue weighted by Crippen LogP contribution is -2.61. The average Bonchev–Trinajstić information content (AvgIpc) is 4.58. The molecule has 12 rings (SSSR count). The highest BCUT2D eigenvalue weighted by Gasteiger charge is 2.68. The maximum absolute atomic E-state index is 16.4. The van der Waals surface area contributed by atoms with Crippen LogP contribution in [0.2, 0.25) is 0 Å². The highest BCUT2D eigenvalue weighted by molar-refractivity contribution is 5.99. The van der Waals surface area contributed by atoms with Gasteiger partial charge in [0, 0.05) is 100 Å². The largest absolute Gasteiger partial charge is 0.492 e. The van der Waals surface area contributed by atoms with Crippen molar-refractivity contribution in [2.24, 2.45) is 34.5 Å². The molecular formula is C62H76F2N6O12. The molecule has 440 valence electrons. The van der Waals surface area contributed by atoms with Crippen LogP contribution in [-0.2, 0) is 19.1 Å². The van der Waals surface area contributed by atoms with Gasteiger partial charge in [-0.05, 0) is 119 Å². The monoisotopic (exact) mass is 1130 g/mol. The Hall–Kier alpha value is -6.22. The highest BCUT2D eigenvalue weighted by Crippen LogP contribution is 2.68. The van der Waals surface area contributed by atoms with E-state index in [0.29, 0.717) is 82.4 Å². The Labute approximate surface area is 474 Å². The molecule has 4 aromatic rings. The topological polar surface area (TPSA) is 220 Å². The van der Waals surface area contributed by atoms with Gasteiger partial charge in [-0.2, -0.15) is 0 Å². The van der Waals surface area contributed by atoms with E-state index in [2.05, 4.69) is 17.6 Å². The summed E-state index contributed by atoms with van der Waals surface area (Å²) in [6.07, 6.45) is 9.21. The molecule has 0 bridgehead atoms. The van der Waals surface area contributed by atoms with Crippen molar-refractivity contribution in [1.82, 2.24) is 19.8 Å². The van der Waals surface area contributed by atoms with Gasteiger partial charge in [-0.25, -0.2) is 18.4 Å². The van der Waals surface area contributed by atoms with Crippen molar-refractivity contribution in [3.05, 3.63) is 79.4 Å². The molecule has 82 heavy (non-hydrogen) atoms. The zero-order chi connectivity index (χ0) is 57.9. The number of ketones is 2. The number of allylic oxidation sites excluding steroid dienone is 1. The predicted octanol–water partition coefficient (Wildman–Crippen LogP) is 6.70. The quantitative estimate of drug-likeness (QED) is 0.0910. The van der Waals surface area contributed by atoms with Crippen molar-refractivity contribution in [2.45, 2.75) is 141 Å². The molecule has 0 radical (unpaired) electrons. The number of benzene rings is 2. The van der Waals surface area contributed by atoms with Crippen LogP contribution in [0.1, 0.15) is 138 Å². The van der Waals surface area contributed by atoms with Crippen LogP contribution in [0, 0.1) is 46.1 Å². The number of aliphatic hydroxyl groups is 2. The average molecular weight is 1140 g/mol. The van der Waals surface area contributed by atoms with Gasteiger partial charge in [-0.1, -0.05) is 19.4 Å². The van der Waals surface area contributed by atoms with Crippen molar-refractivity contribution in [3.8, 4) is 11.5 Å². The number of methoxy groups -OCH3 is 2. The van der Waals surface area contributed by atoms with Gasteiger partial charge in [0.05, 0.1) is 55.3 Å². The predicted molar refractivity (Wildman–Crippen MR) is 302 cm³/mol. The molecule has 4 N–H and O–H groups in total. The first kappa shape index (κ1) is 56.3. The number of aromatic nitrogens is 2. The third-order valence-corrected chi connectivity index (χ3v) is 20.4. The Kier molecular flexibility index (Phi) is 14.5. The number of aliphatic hydroxyl groups excluding tert-OH is 1. The Morgan fingerprint density at radius 3 is 1.73 bits per heavy atom. The summed E-state index contributed by atoms with van der Waals surface area (Å²) >= 11 is 0. The van der Waals surface area contributed by atoms with E-state index in [1.54, 1.807) is 15.2 Å². The zero-order valence-corrected chi connectivity index (χ0v) is 47.7. The number of hydrogen-bond donors (Lipinski definition) is 4. The number of ether oxygens (including phenoxy) is 4. The van der Waals surface area contributed by atoms with E-state index < -0.39 is 99.4 Å². The molecule has 2 aromatic heterocycles. The fourth-order valence-corrected chi connectivity index (χ4v) is 16.0. The number of hydrogen-bond acceptors (Lipinski definition) is 16.